The van der Waals surface area contributed by atoms with Crippen molar-refractivity contribution in [3.8, 4) is 0 Å². The Morgan fingerprint density at radius 3 is 2.79 bits per heavy atom. The summed E-state index contributed by atoms with van der Waals surface area (Å²) in [7, 11) is 2.01. The summed E-state index contributed by atoms with van der Waals surface area (Å²) < 4.78 is 0. The number of aldehydes is 1. The molecule has 5 heteroatoms. The molecule has 0 aromatic carbocycles. The second-order valence-electron chi connectivity index (χ2n) is 3.46. The fourth-order valence-electron chi connectivity index (χ4n) is 1.46. The first-order valence-corrected chi connectivity index (χ1v) is 5.76. The lowest BCUT2D eigenvalue weighted by molar-refractivity contribution is 0.112. The molecule has 0 N–H and O–H groups in total. The van der Waals surface area contributed by atoms with E-state index in [0.29, 0.717) is 16.1 Å². The average molecular weight is 231 g/mol. The maximum Gasteiger partial charge on any atom is 0.187 e. The standard InChI is InChI=1S/C9H11ClN2OS/c1-12(6-3-2-4-6)9-11-8(10)7(5-13)14-9/h5-6H,2-4H2,1H3. The van der Waals surface area contributed by atoms with E-state index in [4.69, 9.17) is 11.6 Å². The summed E-state index contributed by atoms with van der Waals surface area (Å²) in [6.45, 7) is 0. The molecule has 0 spiro atoms. The SMILES string of the molecule is CN(c1nc(Cl)c(C=O)s1)C1CCC1. The zero-order chi connectivity index (χ0) is 10.1. The number of hydrogen-bond acceptors (Lipinski definition) is 4. The van der Waals surface area contributed by atoms with Crippen LogP contribution in [0.25, 0.3) is 0 Å². The molecule has 0 bridgehead atoms. The molecule has 0 saturated heterocycles. The summed E-state index contributed by atoms with van der Waals surface area (Å²) in [5.41, 5.74) is 0. The predicted molar refractivity (Wildman–Crippen MR) is 58.6 cm³/mol. The van der Waals surface area contributed by atoms with Crippen LogP contribution < -0.4 is 4.90 Å². The van der Waals surface area contributed by atoms with Crippen molar-refractivity contribution in [2.45, 2.75) is 25.3 Å². The molecule has 76 valence electrons. The minimum atomic E-state index is 0.325. The van der Waals surface area contributed by atoms with Gasteiger partial charge in [-0.15, -0.1) is 0 Å². The Bertz CT molecular complexity index is 349. The van der Waals surface area contributed by atoms with Gasteiger partial charge >= 0.3 is 0 Å². The summed E-state index contributed by atoms with van der Waals surface area (Å²) in [6.07, 6.45) is 4.47. The van der Waals surface area contributed by atoms with Crippen molar-refractivity contribution in [2.75, 3.05) is 11.9 Å². The lowest BCUT2D eigenvalue weighted by Gasteiger charge is -2.34. The van der Waals surface area contributed by atoms with E-state index in [0.717, 1.165) is 11.4 Å². The molecule has 14 heavy (non-hydrogen) atoms. The van der Waals surface area contributed by atoms with Gasteiger partial charge in [-0.3, -0.25) is 4.79 Å². The second-order valence-corrected chi connectivity index (χ2v) is 4.83. The van der Waals surface area contributed by atoms with E-state index in [1.54, 1.807) is 0 Å². The van der Waals surface area contributed by atoms with Crippen molar-refractivity contribution in [3.63, 3.8) is 0 Å². The Hall–Kier alpha value is -0.610. The highest BCUT2D eigenvalue weighted by Gasteiger charge is 2.24. The van der Waals surface area contributed by atoms with Crippen molar-refractivity contribution in [1.82, 2.24) is 4.98 Å². The molecule has 3 nitrogen and oxygen atoms in total. The molecule has 1 aromatic rings. The van der Waals surface area contributed by atoms with Gasteiger partial charge in [0.05, 0.1) is 0 Å². The van der Waals surface area contributed by atoms with Gasteiger partial charge in [0.2, 0.25) is 0 Å². The Labute approximate surface area is 91.7 Å². The van der Waals surface area contributed by atoms with E-state index in [1.807, 2.05) is 7.05 Å². The van der Waals surface area contributed by atoms with Crippen LogP contribution in [0.1, 0.15) is 28.9 Å². The van der Waals surface area contributed by atoms with Crippen LogP contribution >= 0.6 is 22.9 Å². The Balaban J connectivity index is 2.18. The molecule has 1 fully saturated rings. The van der Waals surface area contributed by atoms with Crippen LogP contribution in [0.5, 0.6) is 0 Å². The number of nitrogens with zero attached hydrogens (tertiary/aromatic N) is 2. The minimum absolute atomic E-state index is 0.325. The maximum absolute atomic E-state index is 10.6. The van der Waals surface area contributed by atoms with E-state index in [-0.39, 0.29) is 0 Å². The first kappa shape index (κ1) is 9.93. The highest BCUT2D eigenvalue weighted by molar-refractivity contribution is 7.17. The number of halogens is 1. The minimum Gasteiger partial charge on any atom is -0.348 e. The van der Waals surface area contributed by atoms with Crippen LogP contribution in [0.2, 0.25) is 5.15 Å². The van der Waals surface area contributed by atoms with Gasteiger partial charge in [-0.1, -0.05) is 22.9 Å². The number of thiazole rings is 1. The fourth-order valence-corrected chi connectivity index (χ4v) is 2.55. The van der Waals surface area contributed by atoms with Crippen molar-refractivity contribution < 1.29 is 4.79 Å². The van der Waals surface area contributed by atoms with Crippen molar-refractivity contribution >= 4 is 34.4 Å². The van der Waals surface area contributed by atoms with Crippen LogP contribution in [0.4, 0.5) is 5.13 Å². The molecule has 0 amide bonds. The van der Waals surface area contributed by atoms with Gasteiger partial charge in [-0.2, -0.15) is 0 Å². The molecule has 0 unspecified atom stereocenters. The molecule has 1 aromatic heterocycles. The van der Waals surface area contributed by atoms with Crippen LogP contribution in [0, 0.1) is 0 Å². The molecule has 0 atom stereocenters. The van der Waals surface area contributed by atoms with Crippen molar-refractivity contribution in [1.29, 1.82) is 0 Å². The summed E-state index contributed by atoms with van der Waals surface area (Å²) in [5.74, 6) is 0. The van der Waals surface area contributed by atoms with Gasteiger partial charge in [0.1, 0.15) is 4.88 Å². The monoisotopic (exact) mass is 230 g/mol. The molecular formula is C9H11ClN2OS. The number of carbonyl (C=O) groups is 1. The molecule has 1 saturated carbocycles. The number of anilines is 1. The first-order valence-electron chi connectivity index (χ1n) is 4.56. The van der Waals surface area contributed by atoms with E-state index < -0.39 is 0 Å². The van der Waals surface area contributed by atoms with Gasteiger partial charge in [0, 0.05) is 13.1 Å². The molecule has 0 aliphatic heterocycles. The summed E-state index contributed by atoms with van der Waals surface area (Å²) in [6, 6.07) is 0.580. The zero-order valence-electron chi connectivity index (χ0n) is 7.86. The van der Waals surface area contributed by atoms with Crippen LogP contribution in [0.3, 0.4) is 0 Å². The summed E-state index contributed by atoms with van der Waals surface area (Å²) in [5, 5.41) is 1.17. The molecule has 1 aliphatic rings. The molecule has 2 rings (SSSR count). The third-order valence-corrected chi connectivity index (χ3v) is 4.10. The molecule has 0 radical (unpaired) electrons. The topological polar surface area (TPSA) is 33.2 Å². The number of carbonyl (C=O) groups excluding carboxylic acids is 1. The average Bonchev–Trinajstić information content (AvgIpc) is 2.43. The number of rotatable bonds is 3. The third kappa shape index (κ3) is 1.64. The van der Waals surface area contributed by atoms with Gasteiger partial charge in [-0.25, -0.2) is 4.98 Å². The molecule has 1 heterocycles. The normalized spacial score (nSPS) is 16.4. The lowest BCUT2D eigenvalue weighted by Crippen LogP contribution is -2.36. The lowest BCUT2D eigenvalue weighted by atomic mass is 9.92. The van der Waals surface area contributed by atoms with E-state index >= 15 is 0 Å². The largest absolute Gasteiger partial charge is 0.348 e. The number of aromatic nitrogens is 1. The van der Waals surface area contributed by atoms with E-state index in [9.17, 15) is 4.79 Å². The third-order valence-electron chi connectivity index (χ3n) is 2.63. The number of hydrogen-bond donors (Lipinski definition) is 0. The van der Waals surface area contributed by atoms with E-state index in [2.05, 4.69) is 9.88 Å². The zero-order valence-corrected chi connectivity index (χ0v) is 9.44. The van der Waals surface area contributed by atoms with Crippen molar-refractivity contribution in [2.24, 2.45) is 0 Å². The molecular weight excluding hydrogens is 220 g/mol. The Morgan fingerprint density at radius 2 is 2.36 bits per heavy atom. The maximum atomic E-state index is 10.6. The highest BCUT2D eigenvalue weighted by Crippen LogP contribution is 2.33. The van der Waals surface area contributed by atoms with Crippen molar-refractivity contribution in [3.05, 3.63) is 10.0 Å². The Kier molecular flexibility index (Phi) is 2.74. The van der Waals surface area contributed by atoms with Crippen LogP contribution in [0.15, 0.2) is 0 Å². The molecule has 1 aliphatic carbocycles. The summed E-state index contributed by atoms with van der Waals surface area (Å²) in [4.78, 5) is 17.4. The Morgan fingerprint density at radius 1 is 1.64 bits per heavy atom. The summed E-state index contributed by atoms with van der Waals surface area (Å²) >= 11 is 7.16. The quantitative estimate of drug-likeness (QED) is 0.749. The predicted octanol–water partition coefficient (Wildman–Crippen LogP) is 2.60. The van der Waals surface area contributed by atoms with Gasteiger partial charge < -0.3 is 4.90 Å². The fraction of sp³-hybridized carbons (Fsp3) is 0.556. The smallest absolute Gasteiger partial charge is 0.187 e. The van der Waals surface area contributed by atoms with E-state index in [1.165, 1.54) is 30.6 Å². The first-order chi connectivity index (χ1) is 6.72. The highest BCUT2D eigenvalue weighted by atomic mass is 35.5. The van der Waals surface area contributed by atoms with Crippen LogP contribution in [-0.2, 0) is 0 Å². The second kappa shape index (κ2) is 3.87. The van der Waals surface area contributed by atoms with Gasteiger partial charge in [-0.05, 0) is 19.3 Å². The van der Waals surface area contributed by atoms with Gasteiger partial charge in [0.25, 0.3) is 0 Å². The van der Waals surface area contributed by atoms with Gasteiger partial charge in [0.15, 0.2) is 16.6 Å². The van der Waals surface area contributed by atoms with Crippen LogP contribution in [-0.4, -0.2) is 24.4 Å².